The van der Waals surface area contributed by atoms with Crippen LogP contribution in [-0.4, -0.2) is 18.2 Å². The van der Waals surface area contributed by atoms with Crippen molar-refractivity contribution in [3.63, 3.8) is 0 Å². The standard InChI is InChI=1S/C15H32O3S.Na/c1-3-5-7-9-11-13-15(19(16,17)18)14-12-10-8-6-4-2;/h15H,3-14H2,1-2H3,(H,16,17,18);/q;+1/p-1. The Labute approximate surface area is 148 Å². The summed E-state index contributed by atoms with van der Waals surface area (Å²) in [6, 6.07) is 0. The predicted molar refractivity (Wildman–Crippen MR) is 80.2 cm³/mol. The summed E-state index contributed by atoms with van der Waals surface area (Å²) < 4.78 is 33.6. The summed E-state index contributed by atoms with van der Waals surface area (Å²) >= 11 is 0. The van der Waals surface area contributed by atoms with Crippen molar-refractivity contribution < 1.29 is 42.5 Å². The van der Waals surface area contributed by atoms with E-state index < -0.39 is 15.4 Å². The topological polar surface area (TPSA) is 57.2 Å². The molecule has 0 radical (unpaired) electrons. The van der Waals surface area contributed by atoms with E-state index in [-0.39, 0.29) is 29.6 Å². The van der Waals surface area contributed by atoms with Crippen molar-refractivity contribution in [1.29, 1.82) is 0 Å². The molecule has 0 bridgehead atoms. The third-order valence-electron chi connectivity index (χ3n) is 3.67. The third kappa shape index (κ3) is 13.9. The largest absolute Gasteiger partial charge is 1.00 e. The summed E-state index contributed by atoms with van der Waals surface area (Å²) in [4.78, 5) is 0. The maximum atomic E-state index is 11.2. The van der Waals surface area contributed by atoms with Gasteiger partial charge in [0.25, 0.3) is 0 Å². The van der Waals surface area contributed by atoms with Gasteiger partial charge in [0, 0.05) is 5.25 Å². The quantitative estimate of drug-likeness (QED) is 0.295. The van der Waals surface area contributed by atoms with Gasteiger partial charge < -0.3 is 4.55 Å². The Hall–Kier alpha value is 0.910. The van der Waals surface area contributed by atoms with Gasteiger partial charge in [0.05, 0.1) is 10.1 Å². The molecule has 0 spiro atoms. The Kier molecular flexibility index (Phi) is 17.2. The Bertz CT molecular complexity index is 277. The molecule has 0 rings (SSSR count). The maximum absolute atomic E-state index is 11.2. The van der Waals surface area contributed by atoms with Crippen LogP contribution in [0.3, 0.4) is 0 Å². The SMILES string of the molecule is CCCCCCCC(CCCCCCC)S(=O)(=O)[O-].[Na+]. The molecule has 0 aliphatic heterocycles. The molecule has 0 aliphatic rings. The first-order valence-electron chi connectivity index (χ1n) is 7.97. The first kappa shape index (κ1) is 23.2. The first-order chi connectivity index (χ1) is 9.02. The summed E-state index contributed by atoms with van der Waals surface area (Å²) in [7, 11) is -4.10. The van der Waals surface area contributed by atoms with Gasteiger partial charge in [-0.3, -0.25) is 0 Å². The zero-order chi connectivity index (χ0) is 14.6. The van der Waals surface area contributed by atoms with Gasteiger partial charge in [-0.25, -0.2) is 8.42 Å². The van der Waals surface area contributed by atoms with Crippen LogP contribution in [0, 0.1) is 0 Å². The summed E-state index contributed by atoms with van der Waals surface area (Å²) in [6.45, 7) is 4.31. The second-order valence-corrected chi connectivity index (χ2v) is 7.17. The second kappa shape index (κ2) is 14.8. The minimum absolute atomic E-state index is 0. The molecule has 0 saturated carbocycles. The predicted octanol–water partition coefficient (Wildman–Crippen LogP) is 1.63. The zero-order valence-corrected chi connectivity index (χ0v) is 16.5. The molecule has 0 aromatic rings. The van der Waals surface area contributed by atoms with E-state index in [4.69, 9.17) is 0 Å². The van der Waals surface area contributed by atoms with E-state index in [1.165, 1.54) is 25.7 Å². The maximum Gasteiger partial charge on any atom is 1.00 e. The molecule has 3 nitrogen and oxygen atoms in total. The van der Waals surface area contributed by atoms with Crippen molar-refractivity contribution in [2.75, 3.05) is 0 Å². The van der Waals surface area contributed by atoms with Crippen LogP contribution in [-0.2, 0) is 10.1 Å². The van der Waals surface area contributed by atoms with Crippen LogP contribution in [0.2, 0.25) is 0 Å². The molecule has 0 fully saturated rings. The monoisotopic (exact) mass is 314 g/mol. The van der Waals surface area contributed by atoms with Crippen molar-refractivity contribution in [3.8, 4) is 0 Å². The van der Waals surface area contributed by atoms with Gasteiger partial charge in [0.15, 0.2) is 0 Å². The minimum atomic E-state index is -4.10. The van der Waals surface area contributed by atoms with Gasteiger partial charge in [-0.15, -0.1) is 0 Å². The summed E-state index contributed by atoms with van der Waals surface area (Å²) in [5.74, 6) is 0. The molecule has 0 saturated heterocycles. The number of hydrogen-bond acceptors (Lipinski definition) is 3. The molecule has 5 heteroatoms. The molecule has 0 aromatic heterocycles. The molecule has 0 atom stereocenters. The summed E-state index contributed by atoms with van der Waals surface area (Å²) in [5.41, 5.74) is 0. The molecule has 0 aromatic carbocycles. The Morgan fingerprint density at radius 3 is 1.40 bits per heavy atom. The normalized spacial score (nSPS) is 11.6. The molecule has 0 aliphatic carbocycles. The van der Waals surface area contributed by atoms with Gasteiger partial charge in [0.1, 0.15) is 0 Å². The fourth-order valence-electron chi connectivity index (χ4n) is 2.38. The number of rotatable bonds is 13. The van der Waals surface area contributed by atoms with Crippen LogP contribution >= 0.6 is 0 Å². The average molecular weight is 314 g/mol. The Morgan fingerprint density at radius 2 is 1.10 bits per heavy atom. The van der Waals surface area contributed by atoms with E-state index in [9.17, 15) is 13.0 Å². The minimum Gasteiger partial charge on any atom is -0.748 e. The molecule has 116 valence electrons. The van der Waals surface area contributed by atoms with Crippen molar-refractivity contribution in [2.45, 2.75) is 96.1 Å². The Balaban J connectivity index is 0. The average Bonchev–Trinajstić information content (AvgIpc) is 2.34. The first-order valence-corrected chi connectivity index (χ1v) is 9.44. The smallest absolute Gasteiger partial charge is 0.748 e. The van der Waals surface area contributed by atoms with Crippen LogP contribution in [0.25, 0.3) is 0 Å². The fourth-order valence-corrected chi connectivity index (χ4v) is 3.29. The third-order valence-corrected chi connectivity index (χ3v) is 4.96. The van der Waals surface area contributed by atoms with E-state index in [0.717, 1.165) is 38.5 Å². The van der Waals surface area contributed by atoms with Gasteiger partial charge in [-0.2, -0.15) is 0 Å². The van der Waals surface area contributed by atoms with Crippen LogP contribution in [0.15, 0.2) is 0 Å². The molecular weight excluding hydrogens is 283 g/mol. The van der Waals surface area contributed by atoms with Crippen LogP contribution < -0.4 is 29.6 Å². The van der Waals surface area contributed by atoms with Gasteiger partial charge >= 0.3 is 29.6 Å². The van der Waals surface area contributed by atoms with Crippen molar-refractivity contribution in [1.82, 2.24) is 0 Å². The Morgan fingerprint density at radius 1 is 0.750 bits per heavy atom. The molecular formula is C15H31NaO3S. The van der Waals surface area contributed by atoms with Crippen LogP contribution in [0.5, 0.6) is 0 Å². The molecule has 0 N–H and O–H groups in total. The van der Waals surface area contributed by atoms with E-state index in [1.807, 2.05) is 0 Å². The van der Waals surface area contributed by atoms with Crippen LogP contribution in [0.4, 0.5) is 0 Å². The molecule has 20 heavy (non-hydrogen) atoms. The molecule has 0 amide bonds. The molecule has 0 unspecified atom stereocenters. The van der Waals surface area contributed by atoms with E-state index in [2.05, 4.69) is 13.8 Å². The molecule has 0 heterocycles. The second-order valence-electron chi connectivity index (χ2n) is 5.52. The van der Waals surface area contributed by atoms with Gasteiger partial charge in [-0.05, 0) is 12.8 Å². The van der Waals surface area contributed by atoms with E-state index in [0.29, 0.717) is 12.8 Å². The van der Waals surface area contributed by atoms with E-state index in [1.54, 1.807) is 0 Å². The van der Waals surface area contributed by atoms with Crippen molar-refractivity contribution >= 4 is 10.1 Å². The van der Waals surface area contributed by atoms with Gasteiger partial charge in [-0.1, -0.05) is 78.1 Å². The zero-order valence-electron chi connectivity index (χ0n) is 13.7. The van der Waals surface area contributed by atoms with E-state index >= 15 is 0 Å². The number of unbranched alkanes of at least 4 members (excludes halogenated alkanes) is 8. The van der Waals surface area contributed by atoms with Crippen molar-refractivity contribution in [3.05, 3.63) is 0 Å². The number of hydrogen-bond donors (Lipinski definition) is 0. The fraction of sp³-hybridized carbons (Fsp3) is 1.00. The van der Waals surface area contributed by atoms with Gasteiger partial charge in [0.2, 0.25) is 0 Å². The summed E-state index contributed by atoms with van der Waals surface area (Å²) in [5, 5.41) is -0.643. The summed E-state index contributed by atoms with van der Waals surface area (Å²) in [6.07, 6.45) is 12.0. The van der Waals surface area contributed by atoms with Crippen molar-refractivity contribution in [2.24, 2.45) is 0 Å². The van der Waals surface area contributed by atoms with Crippen LogP contribution in [0.1, 0.15) is 90.9 Å².